The summed E-state index contributed by atoms with van der Waals surface area (Å²) in [6, 6.07) is 4.50. The van der Waals surface area contributed by atoms with Crippen LogP contribution in [0.4, 0.5) is 4.39 Å². The summed E-state index contributed by atoms with van der Waals surface area (Å²) >= 11 is 0. The predicted molar refractivity (Wildman–Crippen MR) is 53.0 cm³/mol. The number of halogens is 1. The van der Waals surface area contributed by atoms with E-state index in [0.717, 1.165) is 0 Å². The summed E-state index contributed by atoms with van der Waals surface area (Å²) in [5.41, 5.74) is 0.949. The maximum atomic E-state index is 13.3. The SMILES string of the molecule is Cc1ccc(-n2cnc(C(=O)O)n2)cc1F. The highest BCUT2D eigenvalue weighted by Crippen LogP contribution is 2.12. The average molecular weight is 221 g/mol. The first-order valence-electron chi connectivity index (χ1n) is 4.49. The van der Waals surface area contributed by atoms with Crippen LogP contribution in [-0.2, 0) is 0 Å². The van der Waals surface area contributed by atoms with Crippen molar-refractivity contribution in [1.82, 2.24) is 14.8 Å². The zero-order valence-electron chi connectivity index (χ0n) is 8.38. The number of carbonyl (C=O) groups is 1. The van der Waals surface area contributed by atoms with E-state index in [1.165, 1.54) is 17.1 Å². The molecule has 0 aliphatic rings. The monoisotopic (exact) mass is 221 g/mol. The summed E-state index contributed by atoms with van der Waals surface area (Å²) in [6.07, 6.45) is 1.23. The molecule has 0 radical (unpaired) electrons. The van der Waals surface area contributed by atoms with Gasteiger partial charge in [0.2, 0.25) is 0 Å². The minimum absolute atomic E-state index is 0.319. The smallest absolute Gasteiger partial charge is 0.375 e. The van der Waals surface area contributed by atoms with Gasteiger partial charge in [0.05, 0.1) is 5.69 Å². The van der Waals surface area contributed by atoms with Crippen molar-refractivity contribution in [2.24, 2.45) is 0 Å². The summed E-state index contributed by atoms with van der Waals surface area (Å²) in [4.78, 5) is 14.1. The van der Waals surface area contributed by atoms with Gasteiger partial charge < -0.3 is 5.11 Å². The first-order valence-corrected chi connectivity index (χ1v) is 4.49. The number of aromatic nitrogens is 3. The van der Waals surface area contributed by atoms with Crippen molar-refractivity contribution in [3.8, 4) is 5.69 Å². The lowest BCUT2D eigenvalue weighted by molar-refractivity contribution is 0.0683. The van der Waals surface area contributed by atoms with Crippen molar-refractivity contribution in [2.75, 3.05) is 0 Å². The number of aryl methyl sites for hydroxylation is 1. The molecule has 1 aromatic heterocycles. The second-order valence-corrected chi connectivity index (χ2v) is 3.25. The molecule has 0 atom stereocenters. The summed E-state index contributed by atoms with van der Waals surface area (Å²) in [5, 5.41) is 12.3. The molecular formula is C10H8FN3O2. The molecule has 5 nitrogen and oxygen atoms in total. The fourth-order valence-corrected chi connectivity index (χ4v) is 1.21. The van der Waals surface area contributed by atoms with Crippen molar-refractivity contribution in [1.29, 1.82) is 0 Å². The molecule has 1 N–H and O–H groups in total. The van der Waals surface area contributed by atoms with E-state index >= 15 is 0 Å². The molecule has 82 valence electrons. The van der Waals surface area contributed by atoms with E-state index in [1.54, 1.807) is 19.1 Å². The maximum Gasteiger partial charge on any atom is 0.375 e. The Morgan fingerprint density at radius 1 is 1.50 bits per heavy atom. The van der Waals surface area contributed by atoms with Crippen molar-refractivity contribution < 1.29 is 14.3 Å². The van der Waals surface area contributed by atoms with Crippen LogP contribution in [0.25, 0.3) is 5.69 Å². The van der Waals surface area contributed by atoms with Crippen LogP contribution >= 0.6 is 0 Å². The molecule has 0 unspecified atom stereocenters. The molecule has 0 spiro atoms. The molecule has 6 heteroatoms. The summed E-state index contributed by atoms with van der Waals surface area (Å²) in [6.45, 7) is 1.64. The fraction of sp³-hybridized carbons (Fsp3) is 0.100. The molecule has 1 heterocycles. The maximum absolute atomic E-state index is 13.3. The van der Waals surface area contributed by atoms with Crippen LogP contribution in [0, 0.1) is 12.7 Å². The fourth-order valence-electron chi connectivity index (χ4n) is 1.21. The van der Waals surface area contributed by atoms with Crippen molar-refractivity contribution in [3.63, 3.8) is 0 Å². The molecule has 0 fully saturated rings. The Hall–Kier alpha value is -2.24. The molecule has 0 aliphatic carbocycles. The Balaban J connectivity index is 2.42. The molecule has 2 aromatic rings. The molecular weight excluding hydrogens is 213 g/mol. The van der Waals surface area contributed by atoms with Gasteiger partial charge in [-0.1, -0.05) is 6.07 Å². The van der Waals surface area contributed by atoms with Crippen LogP contribution in [0.1, 0.15) is 16.2 Å². The quantitative estimate of drug-likeness (QED) is 0.832. The highest BCUT2D eigenvalue weighted by molar-refractivity contribution is 5.82. The molecule has 16 heavy (non-hydrogen) atoms. The van der Waals surface area contributed by atoms with Crippen LogP contribution in [-0.4, -0.2) is 25.8 Å². The normalized spacial score (nSPS) is 10.4. The van der Waals surface area contributed by atoms with E-state index in [-0.39, 0.29) is 11.6 Å². The number of carboxylic acid groups (broad SMARTS) is 1. The zero-order valence-corrected chi connectivity index (χ0v) is 8.38. The van der Waals surface area contributed by atoms with Gasteiger partial charge in [0.15, 0.2) is 0 Å². The molecule has 0 saturated heterocycles. The number of carboxylic acids is 1. The Bertz CT molecular complexity index is 551. The first kappa shape index (κ1) is 10.3. The number of aromatic carboxylic acids is 1. The largest absolute Gasteiger partial charge is 0.475 e. The Morgan fingerprint density at radius 2 is 2.25 bits per heavy atom. The van der Waals surface area contributed by atoms with Gasteiger partial charge in [0, 0.05) is 0 Å². The molecule has 0 amide bonds. The van der Waals surface area contributed by atoms with Crippen LogP contribution < -0.4 is 0 Å². The molecule has 2 rings (SSSR count). The van der Waals surface area contributed by atoms with Crippen LogP contribution in [0.2, 0.25) is 0 Å². The third-order valence-corrected chi connectivity index (χ3v) is 2.10. The van der Waals surface area contributed by atoms with Crippen molar-refractivity contribution in [2.45, 2.75) is 6.92 Å². The molecule has 1 aromatic carbocycles. The van der Waals surface area contributed by atoms with Gasteiger partial charge in [-0.25, -0.2) is 18.9 Å². The van der Waals surface area contributed by atoms with E-state index in [0.29, 0.717) is 11.3 Å². The minimum atomic E-state index is -1.22. The van der Waals surface area contributed by atoms with Gasteiger partial charge in [-0.2, -0.15) is 0 Å². The molecule has 0 saturated carbocycles. The number of nitrogens with zero attached hydrogens (tertiary/aromatic N) is 3. The number of rotatable bonds is 2. The second kappa shape index (κ2) is 3.73. The van der Waals surface area contributed by atoms with E-state index < -0.39 is 5.97 Å². The highest BCUT2D eigenvalue weighted by atomic mass is 19.1. The van der Waals surface area contributed by atoms with Gasteiger partial charge in [-0.15, -0.1) is 5.10 Å². The standard InChI is InChI=1S/C10H8FN3O2/c1-6-2-3-7(4-8(6)11)14-5-12-9(13-14)10(15)16/h2-5H,1H3,(H,15,16). The second-order valence-electron chi connectivity index (χ2n) is 3.25. The highest BCUT2D eigenvalue weighted by Gasteiger charge is 2.10. The molecule has 0 aliphatic heterocycles. The molecule has 0 bridgehead atoms. The predicted octanol–water partition coefficient (Wildman–Crippen LogP) is 1.41. The number of hydrogen-bond donors (Lipinski definition) is 1. The van der Waals surface area contributed by atoms with E-state index in [1.807, 2.05) is 0 Å². The third kappa shape index (κ3) is 1.77. The minimum Gasteiger partial charge on any atom is -0.475 e. The van der Waals surface area contributed by atoms with Crippen LogP contribution in [0.5, 0.6) is 0 Å². The Morgan fingerprint density at radius 3 is 2.81 bits per heavy atom. The lowest BCUT2D eigenvalue weighted by Crippen LogP contribution is -2.02. The van der Waals surface area contributed by atoms with Gasteiger partial charge in [-0.05, 0) is 24.6 Å². The number of benzene rings is 1. The van der Waals surface area contributed by atoms with Crippen molar-refractivity contribution in [3.05, 3.63) is 41.7 Å². The Labute approximate surface area is 90.2 Å². The van der Waals surface area contributed by atoms with Gasteiger partial charge in [0.25, 0.3) is 5.82 Å². The average Bonchev–Trinajstić information content (AvgIpc) is 2.71. The summed E-state index contributed by atoms with van der Waals surface area (Å²) < 4.78 is 14.5. The van der Waals surface area contributed by atoms with E-state index in [9.17, 15) is 9.18 Å². The zero-order chi connectivity index (χ0) is 11.7. The Kier molecular flexibility index (Phi) is 2.40. The summed E-state index contributed by atoms with van der Waals surface area (Å²) in [5.74, 6) is -1.91. The lowest BCUT2D eigenvalue weighted by atomic mass is 10.2. The van der Waals surface area contributed by atoms with Crippen molar-refractivity contribution >= 4 is 5.97 Å². The van der Waals surface area contributed by atoms with Gasteiger partial charge in [0.1, 0.15) is 12.1 Å². The number of hydrogen-bond acceptors (Lipinski definition) is 3. The lowest BCUT2D eigenvalue weighted by Gasteiger charge is -2.01. The van der Waals surface area contributed by atoms with E-state index in [4.69, 9.17) is 5.11 Å². The summed E-state index contributed by atoms with van der Waals surface area (Å²) in [7, 11) is 0. The van der Waals surface area contributed by atoms with Crippen LogP contribution in [0.15, 0.2) is 24.5 Å². The van der Waals surface area contributed by atoms with Gasteiger partial charge in [-0.3, -0.25) is 0 Å². The topological polar surface area (TPSA) is 68.0 Å². The first-order chi connectivity index (χ1) is 7.58. The van der Waals surface area contributed by atoms with Crippen LogP contribution in [0.3, 0.4) is 0 Å². The third-order valence-electron chi connectivity index (χ3n) is 2.10. The van der Waals surface area contributed by atoms with E-state index in [2.05, 4.69) is 10.1 Å². The van der Waals surface area contributed by atoms with Gasteiger partial charge >= 0.3 is 5.97 Å².